The summed E-state index contributed by atoms with van der Waals surface area (Å²) in [7, 11) is 0. The molecule has 0 bridgehead atoms. The fourth-order valence-electron chi connectivity index (χ4n) is 4.65. The first-order valence-electron chi connectivity index (χ1n) is 11.3. The van der Waals surface area contributed by atoms with Gasteiger partial charge < -0.3 is 20.0 Å². The Hall–Kier alpha value is -3.00. The van der Waals surface area contributed by atoms with E-state index in [0.29, 0.717) is 35.5 Å². The summed E-state index contributed by atoms with van der Waals surface area (Å²) >= 11 is 0. The van der Waals surface area contributed by atoms with E-state index in [2.05, 4.69) is 15.4 Å². The fraction of sp³-hybridized carbons (Fsp3) is 0.458. The van der Waals surface area contributed by atoms with E-state index in [4.69, 9.17) is 0 Å². The number of hydrogen-bond acceptors (Lipinski definition) is 5. The van der Waals surface area contributed by atoms with Gasteiger partial charge in [0.15, 0.2) is 5.78 Å². The van der Waals surface area contributed by atoms with Gasteiger partial charge in [-0.2, -0.15) is 0 Å². The van der Waals surface area contributed by atoms with Crippen LogP contribution in [0, 0.1) is 11.7 Å². The highest BCUT2D eigenvalue weighted by molar-refractivity contribution is 6.11. The summed E-state index contributed by atoms with van der Waals surface area (Å²) in [5.74, 6) is -0.332. The highest BCUT2D eigenvalue weighted by atomic mass is 19.1. The van der Waals surface area contributed by atoms with E-state index < -0.39 is 0 Å². The molecular formula is C24H29FN4O3. The zero-order chi connectivity index (χ0) is 22.5. The lowest BCUT2D eigenvalue weighted by atomic mass is 9.89. The van der Waals surface area contributed by atoms with E-state index in [0.717, 1.165) is 51.9 Å². The molecule has 1 fully saturated rings. The van der Waals surface area contributed by atoms with Crippen molar-refractivity contribution < 1.29 is 19.2 Å². The van der Waals surface area contributed by atoms with Crippen LogP contribution in [0.5, 0.6) is 0 Å². The van der Waals surface area contributed by atoms with Crippen LogP contribution in [0.25, 0.3) is 0 Å². The lowest BCUT2D eigenvalue weighted by molar-refractivity contribution is 0.0837. The molecule has 1 aromatic carbocycles. The molecule has 0 aliphatic carbocycles. The van der Waals surface area contributed by atoms with Crippen LogP contribution < -0.4 is 5.32 Å². The van der Waals surface area contributed by atoms with Gasteiger partial charge in [0.2, 0.25) is 0 Å². The molecule has 32 heavy (non-hydrogen) atoms. The largest absolute Gasteiger partial charge is 0.411 e. The number of carbonyl (C=O) groups excluding carboxylic acids is 2. The van der Waals surface area contributed by atoms with E-state index in [1.165, 1.54) is 12.1 Å². The Morgan fingerprint density at radius 1 is 1.12 bits per heavy atom. The Balaban J connectivity index is 1.23. The number of oxime groups is 1. The second kappa shape index (κ2) is 10.1. The number of piperidine rings is 1. The van der Waals surface area contributed by atoms with Crippen LogP contribution in [-0.4, -0.2) is 58.3 Å². The maximum absolute atomic E-state index is 13.1. The molecule has 2 N–H and O–H groups in total. The Labute approximate surface area is 186 Å². The molecule has 0 spiro atoms. The summed E-state index contributed by atoms with van der Waals surface area (Å²) in [6.45, 7) is 3.91. The van der Waals surface area contributed by atoms with E-state index in [1.54, 1.807) is 12.1 Å². The van der Waals surface area contributed by atoms with Gasteiger partial charge in [0.1, 0.15) is 11.5 Å². The van der Waals surface area contributed by atoms with Crippen LogP contribution in [0.15, 0.2) is 41.7 Å². The highest BCUT2D eigenvalue weighted by Gasteiger charge is 2.26. The van der Waals surface area contributed by atoms with E-state index in [-0.39, 0.29) is 23.4 Å². The number of rotatable bonds is 7. The number of fused-ring (bicyclic) bond motifs is 1. The summed E-state index contributed by atoms with van der Waals surface area (Å²) in [6, 6.07) is 7.67. The normalized spacial score (nSPS) is 18.9. The quantitative estimate of drug-likeness (QED) is 0.299. The number of hydrogen-bond donors (Lipinski definition) is 2. The number of nitrogens with one attached hydrogen (secondary N) is 1. The van der Waals surface area contributed by atoms with Crippen LogP contribution in [0.3, 0.4) is 0 Å². The molecule has 170 valence electrons. The Morgan fingerprint density at radius 3 is 2.56 bits per heavy atom. The lowest BCUT2D eigenvalue weighted by Crippen LogP contribution is -2.37. The first kappa shape index (κ1) is 22.2. The van der Waals surface area contributed by atoms with Crippen molar-refractivity contribution in [2.45, 2.75) is 38.6 Å². The molecule has 0 radical (unpaired) electrons. The minimum Gasteiger partial charge on any atom is -0.411 e. The monoisotopic (exact) mass is 440 g/mol. The van der Waals surface area contributed by atoms with Gasteiger partial charge in [-0.3, -0.25) is 9.59 Å². The average molecular weight is 441 g/mol. The third-order valence-electron chi connectivity index (χ3n) is 6.47. The van der Waals surface area contributed by atoms with E-state index in [1.807, 2.05) is 16.8 Å². The molecule has 0 unspecified atom stereocenters. The first-order chi connectivity index (χ1) is 15.6. The molecule has 2 aliphatic rings. The van der Waals surface area contributed by atoms with Gasteiger partial charge in [-0.15, -0.1) is 0 Å². The van der Waals surface area contributed by atoms with Gasteiger partial charge in [0, 0.05) is 42.8 Å². The number of carbonyl (C=O) groups is 2. The molecule has 4 rings (SSSR count). The van der Waals surface area contributed by atoms with E-state index in [9.17, 15) is 19.2 Å². The highest BCUT2D eigenvalue weighted by Crippen LogP contribution is 2.23. The number of ketones is 1. The third kappa shape index (κ3) is 4.91. The SMILES string of the molecule is O=C1NCCC(=NO)c2ccn(CCCCN3CCC(C(=O)c4ccc(F)cc4)CC3)c21. The summed E-state index contributed by atoms with van der Waals surface area (Å²) in [5.41, 5.74) is 2.40. The van der Waals surface area contributed by atoms with Gasteiger partial charge in [-0.25, -0.2) is 4.39 Å². The van der Waals surface area contributed by atoms with Gasteiger partial charge >= 0.3 is 0 Å². The smallest absolute Gasteiger partial charge is 0.268 e. The number of halogens is 1. The van der Waals surface area contributed by atoms with Crippen molar-refractivity contribution in [2.75, 3.05) is 26.2 Å². The lowest BCUT2D eigenvalue weighted by Gasteiger charge is -2.31. The number of benzene rings is 1. The number of amides is 1. The topological polar surface area (TPSA) is 86.9 Å². The number of nitrogens with zero attached hydrogens (tertiary/aromatic N) is 3. The summed E-state index contributed by atoms with van der Waals surface area (Å²) < 4.78 is 15.0. The number of unbranched alkanes of at least 4 members (excludes halogenated alkanes) is 1. The van der Waals surface area contributed by atoms with Crippen molar-refractivity contribution in [3.05, 3.63) is 59.2 Å². The predicted octanol–water partition coefficient (Wildman–Crippen LogP) is 3.31. The Morgan fingerprint density at radius 2 is 1.84 bits per heavy atom. The summed E-state index contributed by atoms with van der Waals surface area (Å²) in [6.07, 6.45) is 5.96. The third-order valence-corrected chi connectivity index (χ3v) is 6.47. The van der Waals surface area contributed by atoms with Crippen LogP contribution in [0.1, 0.15) is 58.5 Å². The average Bonchev–Trinajstić information content (AvgIpc) is 3.16. The zero-order valence-electron chi connectivity index (χ0n) is 18.1. The fourth-order valence-corrected chi connectivity index (χ4v) is 4.65. The summed E-state index contributed by atoms with van der Waals surface area (Å²) in [4.78, 5) is 27.4. The van der Waals surface area contributed by atoms with Crippen molar-refractivity contribution in [1.82, 2.24) is 14.8 Å². The standard InChI is InChI=1S/C24H29FN4O3/c25-19-5-3-17(4-6-19)23(30)18-8-14-28(15-9-18)12-1-2-13-29-16-10-20-21(27-32)7-11-26-24(31)22(20)29/h3-6,10,16,18,32H,1-2,7-9,11-15H2,(H,26,31). The minimum atomic E-state index is -0.324. The molecule has 8 heteroatoms. The van der Waals surface area contributed by atoms with E-state index >= 15 is 0 Å². The van der Waals surface area contributed by atoms with Crippen LogP contribution >= 0.6 is 0 Å². The number of Topliss-reactive ketones (excluding diaryl/α,β-unsaturated/α-hetero) is 1. The first-order valence-corrected chi connectivity index (χ1v) is 11.3. The van der Waals surface area contributed by atoms with Gasteiger partial charge in [0.25, 0.3) is 5.91 Å². The van der Waals surface area contributed by atoms with Gasteiger partial charge in [0.05, 0.1) is 5.71 Å². The Kier molecular flexibility index (Phi) is 6.99. The van der Waals surface area contributed by atoms with Crippen molar-refractivity contribution in [2.24, 2.45) is 11.1 Å². The van der Waals surface area contributed by atoms with Crippen molar-refractivity contribution in [3.63, 3.8) is 0 Å². The number of likely N-dealkylation sites (tertiary alicyclic amines) is 1. The van der Waals surface area contributed by atoms with Crippen LogP contribution in [-0.2, 0) is 6.54 Å². The molecule has 3 heterocycles. The van der Waals surface area contributed by atoms with Crippen molar-refractivity contribution >= 4 is 17.4 Å². The molecule has 1 aromatic heterocycles. The molecule has 1 saturated heterocycles. The van der Waals surface area contributed by atoms with Crippen molar-refractivity contribution in [3.8, 4) is 0 Å². The minimum absolute atomic E-state index is 0.00735. The molecule has 2 aliphatic heterocycles. The number of aryl methyl sites for hydroxylation is 1. The zero-order valence-corrected chi connectivity index (χ0v) is 18.1. The number of aromatic nitrogens is 1. The van der Waals surface area contributed by atoms with Gasteiger partial charge in [-0.1, -0.05) is 5.16 Å². The van der Waals surface area contributed by atoms with Gasteiger partial charge in [-0.05, 0) is 75.6 Å². The Bertz CT molecular complexity index is 991. The second-order valence-electron chi connectivity index (χ2n) is 8.52. The maximum Gasteiger partial charge on any atom is 0.268 e. The maximum atomic E-state index is 13.1. The summed E-state index contributed by atoms with van der Waals surface area (Å²) in [5, 5.41) is 15.5. The van der Waals surface area contributed by atoms with Crippen LogP contribution in [0.2, 0.25) is 0 Å². The molecule has 0 saturated carbocycles. The predicted molar refractivity (Wildman–Crippen MR) is 119 cm³/mol. The molecular weight excluding hydrogens is 411 g/mol. The second-order valence-corrected chi connectivity index (χ2v) is 8.52. The molecule has 7 nitrogen and oxygen atoms in total. The molecule has 1 amide bonds. The molecule has 2 aromatic rings. The van der Waals surface area contributed by atoms with Crippen molar-refractivity contribution in [1.29, 1.82) is 0 Å². The van der Waals surface area contributed by atoms with Crippen LogP contribution in [0.4, 0.5) is 4.39 Å². The molecule has 0 atom stereocenters.